The average Bonchev–Trinajstić information content (AvgIpc) is 2.90. The van der Waals surface area contributed by atoms with Crippen LogP contribution in [-0.2, 0) is 26.2 Å². The van der Waals surface area contributed by atoms with Crippen molar-refractivity contribution < 1.29 is 27.1 Å². The van der Waals surface area contributed by atoms with Crippen molar-refractivity contribution in [3.05, 3.63) is 90.2 Å². The Morgan fingerprint density at radius 2 is 1.49 bits per heavy atom. The second-order valence-electron chi connectivity index (χ2n) is 9.64. The van der Waals surface area contributed by atoms with Crippen LogP contribution in [0.15, 0.2) is 78.9 Å². The molecule has 0 spiro atoms. The third kappa shape index (κ3) is 8.81. The molecule has 0 radical (unpaired) electrons. The molecule has 10 heteroatoms. The molecular weight excluding hydrogens is 521 g/mol. The highest BCUT2D eigenvalue weighted by atomic mass is 32.2. The zero-order valence-corrected chi connectivity index (χ0v) is 23.3. The van der Waals surface area contributed by atoms with Crippen molar-refractivity contribution in [1.29, 1.82) is 0 Å². The van der Waals surface area contributed by atoms with E-state index >= 15 is 0 Å². The number of carbonyl (C=O) groups is 2. The van der Waals surface area contributed by atoms with E-state index in [9.17, 15) is 22.4 Å². The molecule has 3 aromatic rings. The lowest BCUT2D eigenvalue weighted by molar-refractivity contribution is -0.139. The summed E-state index contributed by atoms with van der Waals surface area (Å²) < 4.78 is 45.7. The van der Waals surface area contributed by atoms with Crippen molar-refractivity contribution in [2.75, 3.05) is 23.7 Å². The number of benzene rings is 3. The summed E-state index contributed by atoms with van der Waals surface area (Å²) in [5.74, 6) is -0.0482. The molecule has 0 bridgehead atoms. The van der Waals surface area contributed by atoms with Gasteiger partial charge in [0.1, 0.15) is 29.9 Å². The number of halogens is 1. The molecule has 0 saturated heterocycles. The molecule has 3 aromatic carbocycles. The van der Waals surface area contributed by atoms with Crippen molar-refractivity contribution in [2.24, 2.45) is 5.92 Å². The molecule has 8 nitrogen and oxygen atoms in total. The van der Waals surface area contributed by atoms with Gasteiger partial charge in [-0.1, -0.05) is 44.2 Å². The Morgan fingerprint density at radius 3 is 2.05 bits per heavy atom. The molecule has 0 aromatic heterocycles. The van der Waals surface area contributed by atoms with Crippen LogP contribution in [-0.4, -0.2) is 50.5 Å². The number of nitrogens with one attached hydrogen (secondary N) is 1. The Bertz CT molecular complexity index is 1350. The van der Waals surface area contributed by atoms with E-state index in [4.69, 9.17) is 4.74 Å². The van der Waals surface area contributed by atoms with E-state index in [2.05, 4.69) is 5.32 Å². The minimum atomic E-state index is -3.87. The maximum atomic E-state index is 13.6. The molecule has 0 heterocycles. The lowest BCUT2D eigenvalue weighted by Gasteiger charge is -2.31. The van der Waals surface area contributed by atoms with Gasteiger partial charge in [-0.05, 0) is 66.9 Å². The minimum absolute atomic E-state index is 0.00314. The van der Waals surface area contributed by atoms with Crippen LogP contribution in [0.5, 0.6) is 11.5 Å². The minimum Gasteiger partial charge on any atom is -0.457 e. The topological polar surface area (TPSA) is 96.0 Å². The smallest absolute Gasteiger partial charge is 0.244 e. The Balaban J connectivity index is 1.84. The van der Waals surface area contributed by atoms with Gasteiger partial charge in [-0.3, -0.25) is 13.9 Å². The standard InChI is InChI=1S/C29H34FN3O5S/c1-21(2)18-31-29(35)22(3)32(19-23-10-12-24(30)13-11-23)28(34)20-33(39(4,36)37)25-14-16-27(17-15-25)38-26-8-6-5-7-9-26/h5-17,21-22H,18-20H2,1-4H3,(H,31,35). The fourth-order valence-corrected chi connectivity index (χ4v) is 4.59. The molecular formula is C29H34FN3O5S. The van der Waals surface area contributed by atoms with Crippen molar-refractivity contribution in [2.45, 2.75) is 33.4 Å². The third-order valence-electron chi connectivity index (χ3n) is 5.90. The molecule has 1 atom stereocenters. The van der Waals surface area contributed by atoms with Gasteiger partial charge in [0.25, 0.3) is 0 Å². The van der Waals surface area contributed by atoms with Gasteiger partial charge in [0, 0.05) is 13.1 Å². The molecule has 2 amide bonds. The van der Waals surface area contributed by atoms with E-state index in [1.807, 2.05) is 32.0 Å². The number of hydrogen-bond donors (Lipinski definition) is 1. The summed E-state index contributed by atoms with van der Waals surface area (Å²) in [4.78, 5) is 27.7. The van der Waals surface area contributed by atoms with E-state index in [0.717, 1.165) is 10.6 Å². The van der Waals surface area contributed by atoms with Crippen LogP contribution >= 0.6 is 0 Å². The Morgan fingerprint density at radius 1 is 0.897 bits per heavy atom. The SMILES string of the molecule is CC(C)CNC(=O)C(C)N(Cc1ccc(F)cc1)C(=O)CN(c1ccc(Oc2ccccc2)cc1)S(C)(=O)=O. The first kappa shape index (κ1) is 29.6. The number of sulfonamides is 1. The predicted octanol–water partition coefficient (Wildman–Crippen LogP) is 4.57. The van der Waals surface area contributed by atoms with Gasteiger partial charge in [0.15, 0.2) is 0 Å². The molecule has 0 aliphatic heterocycles. The molecule has 0 fully saturated rings. The van der Waals surface area contributed by atoms with Crippen LogP contribution in [0.4, 0.5) is 10.1 Å². The number of amides is 2. The molecule has 3 rings (SSSR count). The normalized spacial score (nSPS) is 12.1. The Labute approximate surface area is 229 Å². The summed E-state index contributed by atoms with van der Waals surface area (Å²) in [7, 11) is -3.87. The van der Waals surface area contributed by atoms with Crippen molar-refractivity contribution in [3.63, 3.8) is 0 Å². The van der Waals surface area contributed by atoms with Crippen LogP contribution in [0, 0.1) is 11.7 Å². The highest BCUT2D eigenvalue weighted by Gasteiger charge is 2.30. The van der Waals surface area contributed by atoms with Gasteiger partial charge >= 0.3 is 0 Å². The van der Waals surface area contributed by atoms with Gasteiger partial charge in [-0.2, -0.15) is 0 Å². The lowest BCUT2D eigenvalue weighted by atomic mass is 10.1. The quantitative estimate of drug-likeness (QED) is 0.353. The summed E-state index contributed by atoms with van der Waals surface area (Å²) in [5.41, 5.74) is 0.867. The molecule has 39 heavy (non-hydrogen) atoms. The third-order valence-corrected chi connectivity index (χ3v) is 7.04. The average molecular weight is 556 g/mol. The first-order valence-corrected chi connectivity index (χ1v) is 14.4. The van der Waals surface area contributed by atoms with Gasteiger partial charge in [-0.15, -0.1) is 0 Å². The first-order valence-electron chi connectivity index (χ1n) is 12.6. The molecule has 208 valence electrons. The lowest BCUT2D eigenvalue weighted by Crippen LogP contribution is -2.51. The zero-order valence-electron chi connectivity index (χ0n) is 22.5. The maximum Gasteiger partial charge on any atom is 0.244 e. The molecule has 0 aliphatic rings. The van der Waals surface area contributed by atoms with Gasteiger partial charge in [0.05, 0.1) is 11.9 Å². The first-order chi connectivity index (χ1) is 18.4. The van der Waals surface area contributed by atoms with Gasteiger partial charge < -0.3 is 15.0 Å². The van der Waals surface area contributed by atoms with Crippen molar-refractivity contribution >= 4 is 27.5 Å². The summed E-state index contributed by atoms with van der Waals surface area (Å²) in [5, 5.41) is 2.81. The fourth-order valence-electron chi connectivity index (χ4n) is 3.74. The fraction of sp³-hybridized carbons (Fsp3) is 0.310. The summed E-state index contributed by atoms with van der Waals surface area (Å²) in [6, 6.07) is 20.1. The van der Waals surface area contributed by atoms with E-state index in [1.54, 1.807) is 43.3 Å². The number of anilines is 1. The van der Waals surface area contributed by atoms with Crippen LogP contribution in [0.3, 0.4) is 0 Å². The van der Waals surface area contributed by atoms with Crippen molar-refractivity contribution in [1.82, 2.24) is 10.2 Å². The number of ether oxygens (including phenoxy) is 1. The molecule has 1 unspecified atom stereocenters. The largest absolute Gasteiger partial charge is 0.457 e. The van der Waals surface area contributed by atoms with E-state index < -0.39 is 34.3 Å². The number of rotatable bonds is 12. The second kappa shape index (κ2) is 13.2. The maximum absolute atomic E-state index is 13.6. The van der Waals surface area contributed by atoms with E-state index in [1.165, 1.54) is 29.2 Å². The highest BCUT2D eigenvalue weighted by Crippen LogP contribution is 2.26. The molecule has 1 N–H and O–H groups in total. The highest BCUT2D eigenvalue weighted by molar-refractivity contribution is 7.92. The van der Waals surface area contributed by atoms with Crippen LogP contribution < -0.4 is 14.4 Å². The number of para-hydroxylation sites is 1. The van der Waals surface area contributed by atoms with E-state index in [-0.39, 0.29) is 24.1 Å². The summed E-state index contributed by atoms with van der Waals surface area (Å²) in [6.07, 6.45) is 1.01. The monoisotopic (exact) mass is 555 g/mol. The zero-order chi connectivity index (χ0) is 28.6. The second-order valence-corrected chi connectivity index (χ2v) is 11.5. The van der Waals surface area contributed by atoms with Crippen LogP contribution in [0.25, 0.3) is 0 Å². The Kier molecular flexibility index (Phi) is 10.1. The van der Waals surface area contributed by atoms with E-state index in [0.29, 0.717) is 23.6 Å². The van der Waals surface area contributed by atoms with Crippen LogP contribution in [0.2, 0.25) is 0 Å². The van der Waals surface area contributed by atoms with Crippen LogP contribution in [0.1, 0.15) is 26.3 Å². The number of carbonyl (C=O) groups excluding carboxylic acids is 2. The molecule has 0 saturated carbocycles. The summed E-state index contributed by atoms with van der Waals surface area (Å²) in [6.45, 7) is 5.38. The molecule has 0 aliphatic carbocycles. The van der Waals surface area contributed by atoms with Gasteiger partial charge in [0.2, 0.25) is 21.8 Å². The Hall–Kier alpha value is -3.92. The number of hydrogen-bond acceptors (Lipinski definition) is 5. The van der Waals surface area contributed by atoms with Gasteiger partial charge in [-0.25, -0.2) is 12.8 Å². The van der Waals surface area contributed by atoms with Crippen molar-refractivity contribution in [3.8, 4) is 11.5 Å². The summed E-state index contributed by atoms with van der Waals surface area (Å²) >= 11 is 0. The predicted molar refractivity (Wildman–Crippen MR) is 149 cm³/mol. The number of nitrogens with zero attached hydrogens (tertiary/aromatic N) is 2.